The van der Waals surface area contributed by atoms with Gasteiger partial charge in [-0.1, -0.05) is 12.1 Å². The van der Waals surface area contributed by atoms with Crippen LogP contribution in [0.4, 0.5) is 0 Å². The molecule has 1 aliphatic carbocycles. The maximum atomic E-state index is 11.9. The molecule has 0 bridgehead atoms. The van der Waals surface area contributed by atoms with Crippen LogP contribution in [0.3, 0.4) is 0 Å². The van der Waals surface area contributed by atoms with E-state index in [-0.39, 0.29) is 11.3 Å². The summed E-state index contributed by atoms with van der Waals surface area (Å²) in [5, 5.41) is 10.4. The highest BCUT2D eigenvalue weighted by atomic mass is 16.3. The third kappa shape index (κ3) is 1.65. The Hall–Kier alpha value is -1.97. The molecule has 4 heteroatoms. The summed E-state index contributed by atoms with van der Waals surface area (Å²) in [5.41, 5.74) is 3.72. The Morgan fingerprint density at radius 1 is 1.29 bits per heavy atom. The first-order valence-electron chi connectivity index (χ1n) is 5.86. The van der Waals surface area contributed by atoms with Gasteiger partial charge in [0.1, 0.15) is 5.75 Å². The Balaban J connectivity index is 2.17. The molecule has 2 N–H and O–H groups in total. The number of fused-ring (bicyclic) bond motifs is 1. The van der Waals surface area contributed by atoms with Crippen LogP contribution in [-0.4, -0.2) is 15.8 Å². The zero-order valence-electron chi connectivity index (χ0n) is 9.39. The van der Waals surface area contributed by atoms with E-state index >= 15 is 0 Å². The average molecular weight is 230 g/mol. The summed E-state index contributed by atoms with van der Waals surface area (Å²) in [6, 6.07) is 8.99. The van der Waals surface area contributed by atoms with E-state index in [1.807, 2.05) is 24.3 Å². The van der Waals surface area contributed by atoms with Crippen molar-refractivity contribution >= 4 is 10.9 Å². The third-order valence-electron chi connectivity index (χ3n) is 3.32. The quantitative estimate of drug-likeness (QED) is 0.827. The van der Waals surface area contributed by atoms with E-state index in [2.05, 4.69) is 5.43 Å². The highest BCUT2D eigenvalue weighted by Crippen LogP contribution is 2.23. The van der Waals surface area contributed by atoms with Crippen molar-refractivity contribution in [3.8, 4) is 5.75 Å². The maximum Gasteiger partial charge on any atom is 0.273 e. The first kappa shape index (κ1) is 10.2. The van der Waals surface area contributed by atoms with Crippen LogP contribution in [0.1, 0.15) is 19.3 Å². The summed E-state index contributed by atoms with van der Waals surface area (Å²) >= 11 is 0. The third-order valence-corrected chi connectivity index (χ3v) is 3.32. The van der Waals surface area contributed by atoms with Gasteiger partial charge in [0.15, 0.2) is 0 Å². The van der Waals surface area contributed by atoms with Crippen LogP contribution in [0, 0.1) is 0 Å². The zero-order valence-corrected chi connectivity index (χ0v) is 9.39. The van der Waals surface area contributed by atoms with Crippen LogP contribution in [0.2, 0.25) is 0 Å². The minimum absolute atomic E-state index is 0.0391. The number of pyridine rings is 1. The van der Waals surface area contributed by atoms with Gasteiger partial charge in [0.05, 0.1) is 5.52 Å². The van der Waals surface area contributed by atoms with E-state index in [1.165, 1.54) is 12.5 Å². The lowest BCUT2D eigenvalue weighted by molar-refractivity contribution is 0.414. The topological polar surface area (TPSA) is 54.3 Å². The summed E-state index contributed by atoms with van der Waals surface area (Å²) in [6.07, 6.45) is 3.41. The van der Waals surface area contributed by atoms with E-state index in [1.54, 1.807) is 4.68 Å². The van der Waals surface area contributed by atoms with Gasteiger partial charge >= 0.3 is 0 Å². The normalized spacial score (nSPS) is 15.8. The Kier molecular flexibility index (Phi) is 2.28. The second-order valence-corrected chi connectivity index (χ2v) is 4.48. The molecule has 1 saturated carbocycles. The fraction of sp³-hybridized carbons (Fsp3) is 0.308. The van der Waals surface area contributed by atoms with Gasteiger partial charge in [-0.3, -0.25) is 4.79 Å². The fourth-order valence-corrected chi connectivity index (χ4v) is 2.12. The highest BCUT2D eigenvalue weighted by Gasteiger charge is 2.18. The average Bonchev–Trinajstić information content (AvgIpc) is 2.26. The molecule has 1 fully saturated rings. The lowest BCUT2D eigenvalue weighted by Crippen LogP contribution is -2.39. The lowest BCUT2D eigenvalue weighted by atomic mass is 9.94. The molecule has 1 heterocycles. The van der Waals surface area contributed by atoms with Gasteiger partial charge in [-0.05, 0) is 31.4 Å². The Morgan fingerprint density at radius 2 is 2.06 bits per heavy atom. The predicted molar refractivity (Wildman–Crippen MR) is 66.9 cm³/mol. The van der Waals surface area contributed by atoms with Gasteiger partial charge in [0.2, 0.25) is 0 Å². The van der Waals surface area contributed by atoms with E-state index in [0.29, 0.717) is 11.4 Å². The number of rotatable bonds is 2. The lowest BCUT2D eigenvalue weighted by Gasteiger charge is -2.28. The minimum Gasteiger partial charge on any atom is -0.507 e. The first-order chi connectivity index (χ1) is 8.25. The van der Waals surface area contributed by atoms with E-state index in [9.17, 15) is 9.90 Å². The van der Waals surface area contributed by atoms with Gasteiger partial charge in [0, 0.05) is 17.5 Å². The molecule has 0 saturated heterocycles. The van der Waals surface area contributed by atoms with Crippen LogP contribution in [0.25, 0.3) is 10.9 Å². The van der Waals surface area contributed by atoms with E-state index in [4.69, 9.17) is 0 Å². The van der Waals surface area contributed by atoms with E-state index in [0.717, 1.165) is 18.4 Å². The summed E-state index contributed by atoms with van der Waals surface area (Å²) in [4.78, 5) is 11.9. The van der Waals surface area contributed by atoms with Crippen LogP contribution in [-0.2, 0) is 0 Å². The van der Waals surface area contributed by atoms with Gasteiger partial charge in [-0.2, -0.15) is 0 Å². The number of nitrogens with zero attached hydrogens (tertiary/aromatic N) is 1. The SMILES string of the molecule is O=c1cc(O)c2ccccc2n1NC1CCC1. The van der Waals surface area contributed by atoms with Crippen molar-refractivity contribution in [1.29, 1.82) is 0 Å². The second kappa shape index (κ2) is 3.80. The van der Waals surface area contributed by atoms with Crippen molar-refractivity contribution in [3.63, 3.8) is 0 Å². The Labute approximate surface area is 98.5 Å². The van der Waals surface area contributed by atoms with Gasteiger partial charge in [-0.15, -0.1) is 0 Å². The Morgan fingerprint density at radius 3 is 2.76 bits per heavy atom. The van der Waals surface area contributed by atoms with Crippen LogP contribution in [0.5, 0.6) is 5.75 Å². The molecule has 0 unspecified atom stereocenters. The monoisotopic (exact) mass is 230 g/mol. The van der Waals surface area contributed by atoms with Crippen molar-refractivity contribution in [2.75, 3.05) is 5.43 Å². The first-order valence-corrected chi connectivity index (χ1v) is 5.86. The molecule has 1 aliphatic rings. The number of nitrogens with one attached hydrogen (secondary N) is 1. The molecule has 0 amide bonds. The number of hydrogen-bond donors (Lipinski definition) is 2. The number of hydrogen-bond acceptors (Lipinski definition) is 3. The largest absolute Gasteiger partial charge is 0.507 e. The predicted octanol–water partition coefficient (Wildman–Crippen LogP) is 1.80. The van der Waals surface area contributed by atoms with E-state index < -0.39 is 0 Å². The number of aromatic nitrogens is 1. The maximum absolute atomic E-state index is 11.9. The molecule has 2 aromatic rings. The molecule has 0 atom stereocenters. The number of para-hydroxylation sites is 1. The van der Waals surface area contributed by atoms with Crippen molar-refractivity contribution in [3.05, 3.63) is 40.7 Å². The molecule has 0 spiro atoms. The van der Waals surface area contributed by atoms with Crippen molar-refractivity contribution in [1.82, 2.24) is 4.68 Å². The fourth-order valence-electron chi connectivity index (χ4n) is 2.12. The molecule has 0 aliphatic heterocycles. The summed E-state index contributed by atoms with van der Waals surface area (Å²) in [5.74, 6) is 0.0391. The summed E-state index contributed by atoms with van der Waals surface area (Å²) in [7, 11) is 0. The molecule has 17 heavy (non-hydrogen) atoms. The Bertz CT molecular complexity index is 614. The van der Waals surface area contributed by atoms with Gasteiger partial charge in [-0.25, -0.2) is 4.68 Å². The van der Waals surface area contributed by atoms with Crippen molar-refractivity contribution in [2.45, 2.75) is 25.3 Å². The van der Waals surface area contributed by atoms with Crippen LogP contribution >= 0.6 is 0 Å². The standard InChI is InChI=1S/C13H14N2O2/c16-12-8-13(17)15(14-9-4-3-5-9)11-7-2-1-6-10(11)12/h1-2,6-9,14,16H,3-5H2. The molecule has 1 aromatic heterocycles. The van der Waals surface area contributed by atoms with Crippen molar-refractivity contribution in [2.24, 2.45) is 0 Å². The second-order valence-electron chi connectivity index (χ2n) is 4.48. The molecule has 88 valence electrons. The highest BCUT2D eigenvalue weighted by molar-refractivity contribution is 5.85. The zero-order chi connectivity index (χ0) is 11.8. The van der Waals surface area contributed by atoms with Gasteiger partial charge in [0.25, 0.3) is 5.56 Å². The minimum atomic E-state index is -0.215. The smallest absolute Gasteiger partial charge is 0.273 e. The summed E-state index contributed by atoms with van der Waals surface area (Å²) < 4.78 is 1.54. The number of aromatic hydroxyl groups is 1. The summed E-state index contributed by atoms with van der Waals surface area (Å²) in [6.45, 7) is 0. The molecule has 3 rings (SSSR count). The molecular weight excluding hydrogens is 216 g/mol. The molecule has 4 nitrogen and oxygen atoms in total. The van der Waals surface area contributed by atoms with Crippen LogP contribution < -0.4 is 11.0 Å². The molecule has 1 aromatic carbocycles. The molecule has 0 radical (unpaired) electrons. The molecular formula is C13H14N2O2. The van der Waals surface area contributed by atoms with Crippen molar-refractivity contribution < 1.29 is 5.11 Å². The van der Waals surface area contributed by atoms with Gasteiger partial charge < -0.3 is 10.5 Å². The van der Waals surface area contributed by atoms with Crippen LogP contribution in [0.15, 0.2) is 35.1 Å². The number of benzene rings is 1.